The number of carbonyl (C=O) groups is 3. The Morgan fingerprint density at radius 2 is 2.04 bits per heavy atom. The van der Waals surface area contributed by atoms with Crippen molar-refractivity contribution in [3.05, 3.63) is 35.7 Å². The van der Waals surface area contributed by atoms with Crippen molar-refractivity contribution in [3.63, 3.8) is 0 Å². The summed E-state index contributed by atoms with van der Waals surface area (Å²) in [6.07, 6.45) is 0.594. The van der Waals surface area contributed by atoms with E-state index in [0.29, 0.717) is 28.7 Å². The molecule has 0 fully saturated rings. The number of benzene rings is 1. The average molecular weight is 375 g/mol. The van der Waals surface area contributed by atoms with E-state index in [0.717, 1.165) is 0 Å². The van der Waals surface area contributed by atoms with E-state index in [-0.39, 0.29) is 18.1 Å². The Morgan fingerprint density at radius 3 is 2.69 bits per heavy atom. The molecule has 8 nitrogen and oxygen atoms in total. The van der Waals surface area contributed by atoms with Gasteiger partial charge in [0.05, 0.1) is 5.25 Å². The second kappa shape index (κ2) is 8.61. The first-order valence-corrected chi connectivity index (χ1v) is 8.91. The minimum absolute atomic E-state index is 0.0638. The van der Waals surface area contributed by atoms with E-state index < -0.39 is 11.2 Å². The van der Waals surface area contributed by atoms with Crippen LogP contribution in [0.5, 0.6) is 0 Å². The fraction of sp³-hybridized carbons (Fsp3) is 0.353. The Balaban J connectivity index is 2.00. The topological polar surface area (TPSA) is 120 Å². The quantitative estimate of drug-likeness (QED) is 0.534. The van der Waals surface area contributed by atoms with Crippen LogP contribution in [0.25, 0.3) is 0 Å². The Bertz CT molecular complexity index is 834. The van der Waals surface area contributed by atoms with Crippen LogP contribution in [0, 0.1) is 0 Å². The molecule has 2 amide bonds. The van der Waals surface area contributed by atoms with E-state index in [1.165, 1.54) is 18.7 Å². The second-order valence-corrected chi connectivity index (χ2v) is 7.12. The Kier molecular flexibility index (Phi) is 6.51. The van der Waals surface area contributed by atoms with Crippen molar-refractivity contribution in [2.24, 2.45) is 12.8 Å². The molecule has 0 bridgehead atoms. The van der Waals surface area contributed by atoms with Crippen LogP contribution in [0.2, 0.25) is 0 Å². The molecule has 2 aromatic rings. The van der Waals surface area contributed by atoms with Crippen molar-refractivity contribution in [2.75, 3.05) is 5.32 Å². The first-order valence-electron chi connectivity index (χ1n) is 8.03. The predicted octanol–water partition coefficient (Wildman–Crippen LogP) is 1.55. The summed E-state index contributed by atoms with van der Waals surface area (Å²) in [5.74, 6) is -0.0423. The lowest BCUT2D eigenvalue weighted by atomic mass is 10.1. The first-order chi connectivity index (χ1) is 12.3. The molecular weight excluding hydrogens is 354 g/mol. The largest absolute Gasteiger partial charge is 0.370 e. The second-order valence-electron chi connectivity index (χ2n) is 5.81. The van der Waals surface area contributed by atoms with Crippen molar-refractivity contribution in [2.45, 2.75) is 37.1 Å². The summed E-state index contributed by atoms with van der Waals surface area (Å²) in [4.78, 5) is 34.7. The molecule has 1 atom stereocenters. The van der Waals surface area contributed by atoms with Gasteiger partial charge in [0.25, 0.3) is 0 Å². The van der Waals surface area contributed by atoms with E-state index in [9.17, 15) is 14.4 Å². The fourth-order valence-corrected chi connectivity index (χ4v) is 3.01. The first kappa shape index (κ1) is 19.6. The number of Topliss-reactive ketones (excluding diaryl/α,β-unsaturated/α-hetero) is 1. The maximum absolute atomic E-state index is 12.4. The molecule has 0 spiro atoms. The number of nitrogens with two attached hydrogens (primary N) is 1. The van der Waals surface area contributed by atoms with Gasteiger partial charge in [-0.1, -0.05) is 23.9 Å². The standard InChI is InChI=1S/C17H21N5O3S/c1-10(23)12-5-4-6-13(9-12)19-16(25)11(2)26-17-21-20-15(22(17)3)8-7-14(18)24/h4-6,9,11H,7-8H2,1-3H3,(H2,18,24)(H,19,25)/t11-/m0/s1. The zero-order valence-corrected chi connectivity index (χ0v) is 15.7. The molecule has 1 heterocycles. The average Bonchev–Trinajstić information content (AvgIpc) is 2.93. The number of hydrogen-bond acceptors (Lipinski definition) is 6. The Hall–Kier alpha value is -2.68. The molecule has 0 unspecified atom stereocenters. The van der Waals surface area contributed by atoms with Gasteiger partial charge in [-0.2, -0.15) is 0 Å². The van der Waals surface area contributed by atoms with Gasteiger partial charge in [-0.15, -0.1) is 10.2 Å². The summed E-state index contributed by atoms with van der Waals surface area (Å²) in [5.41, 5.74) is 6.25. The van der Waals surface area contributed by atoms with Crippen LogP contribution in [0.4, 0.5) is 5.69 Å². The molecule has 0 saturated heterocycles. The SMILES string of the molecule is CC(=O)c1cccc(NC(=O)[C@H](C)Sc2nnc(CCC(N)=O)n2C)c1. The maximum atomic E-state index is 12.4. The van der Waals surface area contributed by atoms with Crippen molar-refractivity contribution >= 4 is 35.0 Å². The zero-order valence-electron chi connectivity index (χ0n) is 14.9. The highest BCUT2D eigenvalue weighted by molar-refractivity contribution is 8.00. The Morgan fingerprint density at radius 1 is 1.31 bits per heavy atom. The molecule has 0 aliphatic rings. The van der Waals surface area contributed by atoms with E-state index in [4.69, 9.17) is 5.73 Å². The van der Waals surface area contributed by atoms with Crippen molar-refractivity contribution in [1.29, 1.82) is 0 Å². The van der Waals surface area contributed by atoms with Crippen LogP contribution >= 0.6 is 11.8 Å². The van der Waals surface area contributed by atoms with Crippen LogP contribution in [0.15, 0.2) is 29.4 Å². The van der Waals surface area contributed by atoms with E-state index in [1.54, 1.807) is 42.8 Å². The van der Waals surface area contributed by atoms with E-state index >= 15 is 0 Å². The van der Waals surface area contributed by atoms with Gasteiger partial charge in [-0.05, 0) is 26.0 Å². The number of anilines is 1. The number of aromatic nitrogens is 3. The minimum atomic E-state index is -0.428. The number of thioether (sulfide) groups is 1. The van der Waals surface area contributed by atoms with Gasteiger partial charge in [0.15, 0.2) is 10.9 Å². The van der Waals surface area contributed by atoms with Crippen LogP contribution in [0.1, 0.15) is 36.5 Å². The summed E-state index contributed by atoms with van der Waals surface area (Å²) in [7, 11) is 1.78. The summed E-state index contributed by atoms with van der Waals surface area (Å²) in [6.45, 7) is 3.23. The summed E-state index contributed by atoms with van der Waals surface area (Å²) in [6, 6.07) is 6.79. The maximum Gasteiger partial charge on any atom is 0.237 e. The lowest BCUT2D eigenvalue weighted by Gasteiger charge is -2.12. The lowest BCUT2D eigenvalue weighted by molar-refractivity contribution is -0.118. The van der Waals surface area contributed by atoms with Crippen molar-refractivity contribution < 1.29 is 14.4 Å². The van der Waals surface area contributed by atoms with Crippen LogP contribution in [-0.4, -0.2) is 37.6 Å². The van der Waals surface area contributed by atoms with Crippen LogP contribution in [-0.2, 0) is 23.1 Å². The molecule has 9 heteroatoms. The van der Waals surface area contributed by atoms with Gasteiger partial charge in [0.1, 0.15) is 5.82 Å². The summed E-state index contributed by atoms with van der Waals surface area (Å²) < 4.78 is 1.74. The number of nitrogens with zero attached hydrogens (tertiary/aromatic N) is 3. The zero-order chi connectivity index (χ0) is 19.3. The van der Waals surface area contributed by atoms with E-state index in [1.807, 2.05) is 0 Å². The summed E-state index contributed by atoms with van der Waals surface area (Å²) >= 11 is 1.26. The third kappa shape index (κ3) is 5.16. The molecule has 3 N–H and O–H groups in total. The van der Waals surface area contributed by atoms with Gasteiger partial charge >= 0.3 is 0 Å². The fourth-order valence-electron chi connectivity index (χ4n) is 2.17. The molecule has 1 aromatic carbocycles. The van der Waals surface area contributed by atoms with Crippen molar-refractivity contribution in [1.82, 2.24) is 14.8 Å². The molecule has 138 valence electrons. The number of aryl methyl sites for hydroxylation is 1. The molecule has 1 aromatic heterocycles. The highest BCUT2D eigenvalue weighted by atomic mass is 32.2. The monoisotopic (exact) mass is 375 g/mol. The third-order valence-electron chi connectivity index (χ3n) is 3.71. The molecular formula is C17H21N5O3S. The molecule has 0 radical (unpaired) electrons. The lowest BCUT2D eigenvalue weighted by Crippen LogP contribution is -2.23. The van der Waals surface area contributed by atoms with E-state index in [2.05, 4.69) is 15.5 Å². The number of carbonyl (C=O) groups excluding carboxylic acids is 3. The number of amides is 2. The molecule has 0 saturated carbocycles. The van der Waals surface area contributed by atoms with Gasteiger partial charge < -0.3 is 15.6 Å². The third-order valence-corrected chi connectivity index (χ3v) is 4.84. The molecule has 26 heavy (non-hydrogen) atoms. The minimum Gasteiger partial charge on any atom is -0.370 e. The molecule has 0 aliphatic heterocycles. The van der Waals surface area contributed by atoms with Crippen molar-refractivity contribution in [3.8, 4) is 0 Å². The highest BCUT2D eigenvalue weighted by Gasteiger charge is 2.19. The van der Waals surface area contributed by atoms with Crippen LogP contribution < -0.4 is 11.1 Å². The highest BCUT2D eigenvalue weighted by Crippen LogP contribution is 2.23. The number of nitrogens with one attached hydrogen (secondary N) is 1. The molecule has 0 aliphatic carbocycles. The van der Waals surface area contributed by atoms with Gasteiger partial charge in [0.2, 0.25) is 11.8 Å². The number of primary amides is 1. The normalized spacial score (nSPS) is 11.8. The van der Waals surface area contributed by atoms with Gasteiger partial charge in [-0.3, -0.25) is 14.4 Å². The van der Waals surface area contributed by atoms with Gasteiger partial charge in [0, 0.05) is 31.1 Å². The Labute approximate surface area is 155 Å². The molecule has 2 rings (SSSR count). The van der Waals surface area contributed by atoms with Crippen LogP contribution in [0.3, 0.4) is 0 Å². The smallest absolute Gasteiger partial charge is 0.237 e. The number of ketones is 1. The summed E-state index contributed by atoms with van der Waals surface area (Å²) in [5, 5.41) is 11.0. The predicted molar refractivity (Wildman–Crippen MR) is 98.9 cm³/mol. The number of rotatable bonds is 8. The number of hydrogen-bond donors (Lipinski definition) is 2. The van der Waals surface area contributed by atoms with Gasteiger partial charge in [-0.25, -0.2) is 0 Å².